The molecular formula is C21H18ClK2N5O7S2. The standard InChI is InChI=1S/C21H20ClN5O7S2.2K/c1-10-7-12(35-34-33-29)5-6-13(10)19-24-25-20-16(18(21(2,3)4)26-27(19)20)23-11-8-14(22)17(28)15(9-11)36(30,31)32;;/h5-9,28-29H,1-4H3,(H,30,31,32);;/q;2*+1/p-2. The molecule has 17 heteroatoms. The molecule has 1 aliphatic rings. The second-order valence-corrected chi connectivity index (χ2v) is 11.3. The van der Waals surface area contributed by atoms with Gasteiger partial charge in [0.1, 0.15) is 15.8 Å². The molecule has 12 nitrogen and oxygen atoms in total. The minimum atomic E-state index is -5.01. The minimum absolute atomic E-state index is 0. The van der Waals surface area contributed by atoms with Crippen LogP contribution in [0.5, 0.6) is 5.75 Å². The molecule has 0 saturated heterocycles. The molecule has 0 spiro atoms. The van der Waals surface area contributed by atoms with Gasteiger partial charge in [-0.1, -0.05) is 32.4 Å². The number of hydrogen-bond acceptors (Lipinski definition) is 12. The fourth-order valence-corrected chi connectivity index (χ4v) is 4.82. The van der Waals surface area contributed by atoms with Crippen LogP contribution in [0, 0.1) is 12.3 Å². The second kappa shape index (κ2) is 13.6. The molecule has 0 radical (unpaired) electrons. The van der Waals surface area contributed by atoms with Crippen LogP contribution in [0.3, 0.4) is 0 Å². The smallest absolute Gasteiger partial charge is 0.744 e. The van der Waals surface area contributed by atoms with Crippen molar-refractivity contribution in [2.24, 2.45) is 15.5 Å². The van der Waals surface area contributed by atoms with E-state index in [1.54, 1.807) is 18.2 Å². The van der Waals surface area contributed by atoms with Crippen molar-refractivity contribution in [2.45, 2.75) is 37.5 Å². The minimum Gasteiger partial charge on any atom is -0.744 e. The van der Waals surface area contributed by atoms with Crippen LogP contribution in [-0.4, -0.2) is 44.4 Å². The molecule has 1 aliphatic heterocycles. The maximum atomic E-state index is 11.6. The molecule has 4 rings (SSSR count). The van der Waals surface area contributed by atoms with E-state index in [1.165, 1.54) is 10.7 Å². The zero-order valence-corrected chi connectivity index (χ0v) is 29.8. The number of aromatic nitrogens is 3. The first-order valence-electron chi connectivity index (χ1n) is 10.2. The number of halogens is 1. The summed E-state index contributed by atoms with van der Waals surface area (Å²) in [5, 5.41) is 36.3. The van der Waals surface area contributed by atoms with Gasteiger partial charge in [-0.25, -0.2) is 13.4 Å². The van der Waals surface area contributed by atoms with E-state index in [4.69, 9.17) is 11.6 Å². The SMILES string of the molecule is Cc1cc(SOO[O-])ccc1-c1nnc2n1N=C(C(C)(C)C)C2=Nc1cc(Cl)c(O)c(S(=O)(=O)[O-])c1.[K+].[K+]. The molecule has 0 amide bonds. The van der Waals surface area contributed by atoms with Crippen LogP contribution in [0.4, 0.5) is 5.69 Å². The molecular weight excluding hydrogens is 612 g/mol. The first-order chi connectivity index (χ1) is 16.8. The molecule has 0 unspecified atom stereocenters. The quantitative estimate of drug-likeness (QED) is 0.0982. The predicted molar refractivity (Wildman–Crippen MR) is 128 cm³/mol. The molecule has 0 atom stereocenters. The number of aromatic hydroxyl groups is 1. The number of rotatable bonds is 6. The normalized spacial score (nSPS) is 14.1. The fraction of sp³-hybridized carbons (Fsp3) is 0.238. The predicted octanol–water partition coefficient (Wildman–Crippen LogP) is -2.86. The summed E-state index contributed by atoms with van der Waals surface area (Å²) >= 11 is 6.72. The third kappa shape index (κ3) is 7.43. The number of phenolic OH excluding ortho intramolecular Hbond substituents is 1. The van der Waals surface area contributed by atoms with Crippen molar-refractivity contribution in [3.8, 4) is 17.1 Å². The maximum Gasteiger partial charge on any atom is 1.00 e. The number of fused-ring (bicyclic) bond motifs is 1. The summed E-state index contributed by atoms with van der Waals surface area (Å²) in [5.74, 6) is -0.147. The van der Waals surface area contributed by atoms with Gasteiger partial charge in [0.2, 0.25) is 5.82 Å². The molecule has 38 heavy (non-hydrogen) atoms. The van der Waals surface area contributed by atoms with Crippen molar-refractivity contribution in [2.75, 3.05) is 0 Å². The molecule has 1 N–H and O–H groups in total. The fourth-order valence-electron chi connectivity index (χ4n) is 3.49. The Morgan fingerprint density at radius 2 is 1.79 bits per heavy atom. The van der Waals surface area contributed by atoms with E-state index in [0.29, 0.717) is 27.7 Å². The van der Waals surface area contributed by atoms with Gasteiger partial charge in [-0.15, -0.1) is 10.2 Å². The van der Waals surface area contributed by atoms with Crippen molar-refractivity contribution in [1.29, 1.82) is 0 Å². The Morgan fingerprint density at radius 1 is 1.13 bits per heavy atom. The zero-order chi connectivity index (χ0) is 26.4. The molecule has 0 bridgehead atoms. The van der Waals surface area contributed by atoms with Crippen LogP contribution in [0.1, 0.15) is 32.2 Å². The van der Waals surface area contributed by atoms with Gasteiger partial charge in [-0.05, 0) is 42.8 Å². The van der Waals surface area contributed by atoms with Crippen LogP contribution < -0.4 is 108 Å². The maximum absolute atomic E-state index is 11.6. The van der Waals surface area contributed by atoms with Crippen molar-refractivity contribution in [3.05, 3.63) is 46.7 Å². The van der Waals surface area contributed by atoms with Gasteiger partial charge in [-0.3, -0.25) is 5.04 Å². The number of phenols is 1. The average Bonchev–Trinajstić information content (AvgIpc) is 3.34. The van der Waals surface area contributed by atoms with Crippen molar-refractivity contribution >= 4 is 50.9 Å². The first-order valence-corrected chi connectivity index (χ1v) is 12.7. The monoisotopic (exact) mass is 629 g/mol. The zero-order valence-electron chi connectivity index (χ0n) is 21.2. The van der Waals surface area contributed by atoms with Gasteiger partial charge in [0.25, 0.3) is 0 Å². The van der Waals surface area contributed by atoms with Gasteiger partial charge in [0, 0.05) is 15.9 Å². The summed E-state index contributed by atoms with van der Waals surface area (Å²) in [6, 6.07) is 7.39. The van der Waals surface area contributed by atoms with Crippen molar-refractivity contribution in [1.82, 2.24) is 14.9 Å². The molecule has 1 aromatic heterocycles. The van der Waals surface area contributed by atoms with Gasteiger partial charge in [0.15, 0.2) is 11.6 Å². The number of aliphatic imine (C=N–C) groups is 1. The van der Waals surface area contributed by atoms with Gasteiger partial charge >= 0.3 is 103 Å². The van der Waals surface area contributed by atoms with Crippen LogP contribution in [0.25, 0.3) is 11.4 Å². The van der Waals surface area contributed by atoms with E-state index in [0.717, 1.165) is 23.7 Å². The third-order valence-electron chi connectivity index (χ3n) is 5.11. The first kappa shape index (κ1) is 34.6. The van der Waals surface area contributed by atoms with E-state index in [9.17, 15) is 23.3 Å². The van der Waals surface area contributed by atoms with Crippen LogP contribution >= 0.6 is 23.6 Å². The number of nitrogens with zero attached hydrogens (tertiary/aromatic N) is 5. The summed E-state index contributed by atoms with van der Waals surface area (Å²) < 4.78 is 40.6. The third-order valence-corrected chi connectivity index (χ3v) is 6.82. The Kier molecular flexibility index (Phi) is 12.4. The molecule has 190 valence electrons. The molecule has 0 saturated carbocycles. The van der Waals surface area contributed by atoms with E-state index in [2.05, 4.69) is 29.7 Å². The van der Waals surface area contributed by atoms with E-state index in [1.807, 2.05) is 27.7 Å². The molecule has 3 aromatic rings. The largest absolute Gasteiger partial charge is 1.00 e. The average molecular weight is 630 g/mol. The molecule has 0 aliphatic carbocycles. The summed E-state index contributed by atoms with van der Waals surface area (Å²) in [7, 11) is -5.01. The Labute approximate surface area is 312 Å². The summed E-state index contributed by atoms with van der Waals surface area (Å²) in [4.78, 5) is 4.24. The topological polar surface area (TPSA) is 174 Å². The van der Waals surface area contributed by atoms with Crippen molar-refractivity contribution in [3.63, 3.8) is 0 Å². The van der Waals surface area contributed by atoms with Gasteiger partial charge < -0.3 is 14.9 Å². The van der Waals surface area contributed by atoms with Gasteiger partial charge in [-0.2, -0.15) is 14.1 Å². The van der Waals surface area contributed by atoms with Crippen LogP contribution in [0.2, 0.25) is 5.02 Å². The molecule has 2 aromatic carbocycles. The Hall–Kier alpha value is 0.423. The Morgan fingerprint density at radius 3 is 2.37 bits per heavy atom. The second-order valence-electron chi connectivity index (χ2n) is 8.74. The van der Waals surface area contributed by atoms with Crippen LogP contribution in [-0.2, 0) is 19.5 Å². The van der Waals surface area contributed by atoms with E-state index >= 15 is 0 Å². The number of hydrogen-bond donors (Lipinski definition) is 1. The van der Waals surface area contributed by atoms with E-state index < -0.39 is 26.2 Å². The number of aryl methyl sites for hydroxylation is 1. The summed E-state index contributed by atoms with van der Waals surface area (Å²) in [6.07, 6.45) is 0. The van der Waals surface area contributed by atoms with Crippen LogP contribution in [0.15, 0.2) is 50.2 Å². The van der Waals surface area contributed by atoms with E-state index in [-0.39, 0.29) is 119 Å². The summed E-state index contributed by atoms with van der Waals surface area (Å²) in [5.41, 5.74) is 1.80. The Balaban J connectivity index is 0.00000253. The molecule has 0 fully saturated rings. The Bertz CT molecular complexity index is 1540. The number of benzene rings is 2. The molecule has 2 heterocycles. The summed E-state index contributed by atoms with van der Waals surface area (Å²) in [6.45, 7) is 7.56. The van der Waals surface area contributed by atoms with Crippen molar-refractivity contribution < 1.29 is 135 Å². The van der Waals surface area contributed by atoms with Gasteiger partial charge in [0.05, 0.1) is 33.4 Å².